The second-order valence-corrected chi connectivity index (χ2v) is 6.17. The molecule has 146 valence electrons. The van der Waals surface area contributed by atoms with Gasteiger partial charge in [0.15, 0.2) is 0 Å². The van der Waals surface area contributed by atoms with E-state index in [1.165, 1.54) is 12.1 Å². The summed E-state index contributed by atoms with van der Waals surface area (Å²) in [4.78, 5) is 30.3. The van der Waals surface area contributed by atoms with Crippen molar-refractivity contribution in [2.45, 2.75) is 32.9 Å². The lowest BCUT2D eigenvalue weighted by atomic mass is 10.0. The fourth-order valence-electron chi connectivity index (χ4n) is 2.62. The van der Waals surface area contributed by atoms with Gasteiger partial charge in [0.2, 0.25) is 0 Å². The monoisotopic (exact) mass is 383 g/mol. The van der Waals surface area contributed by atoms with Crippen LogP contribution in [-0.2, 0) is 11.0 Å². The van der Waals surface area contributed by atoms with Gasteiger partial charge in [0.05, 0.1) is 11.5 Å². The van der Waals surface area contributed by atoms with Crippen LogP contribution < -0.4 is 5.32 Å². The number of hydrogen-bond donors (Lipinski definition) is 3. The van der Waals surface area contributed by atoms with Crippen LogP contribution >= 0.6 is 0 Å². The van der Waals surface area contributed by atoms with Gasteiger partial charge in [-0.3, -0.25) is 9.59 Å². The van der Waals surface area contributed by atoms with Crippen molar-refractivity contribution in [1.29, 1.82) is 0 Å². The molecule has 0 saturated carbocycles. The standard InChI is InChI=1S/C18H20F3N3O3/c1-3-5-12(17(26)27)9-22-16(25)14-10(2)23-15(24-14)11-6-4-7-13(8-11)18(19,20)21/h4,6-8,12H,3,5,9H2,1-2H3,(H,22,25)(H,23,24)(H,26,27). The number of aromatic nitrogens is 2. The van der Waals surface area contributed by atoms with Gasteiger partial charge in [-0.1, -0.05) is 25.5 Å². The van der Waals surface area contributed by atoms with Gasteiger partial charge >= 0.3 is 12.1 Å². The number of hydrogen-bond acceptors (Lipinski definition) is 3. The van der Waals surface area contributed by atoms with Gasteiger partial charge < -0.3 is 15.4 Å². The number of H-pyrrole nitrogens is 1. The number of carboxylic acids is 1. The third kappa shape index (κ3) is 5.08. The zero-order chi connectivity index (χ0) is 20.2. The number of imidazole rings is 1. The van der Waals surface area contributed by atoms with Crippen molar-refractivity contribution in [3.05, 3.63) is 41.2 Å². The average molecular weight is 383 g/mol. The molecule has 0 radical (unpaired) electrons. The Morgan fingerprint density at radius 3 is 2.63 bits per heavy atom. The number of aryl methyl sites for hydroxylation is 1. The third-order valence-corrected chi connectivity index (χ3v) is 4.06. The highest BCUT2D eigenvalue weighted by Crippen LogP contribution is 2.31. The fraction of sp³-hybridized carbons (Fsp3) is 0.389. The highest BCUT2D eigenvalue weighted by molar-refractivity contribution is 5.94. The lowest BCUT2D eigenvalue weighted by Gasteiger charge is -2.11. The summed E-state index contributed by atoms with van der Waals surface area (Å²) >= 11 is 0. The normalized spacial score (nSPS) is 12.6. The first-order chi connectivity index (χ1) is 12.6. The summed E-state index contributed by atoms with van der Waals surface area (Å²) in [5.41, 5.74) is -0.226. The predicted molar refractivity (Wildman–Crippen MR) is 92.1 cm³/mol. The molecule has 0 aliphatic rings. The quantitative estimate of drug-likeness (QED) is 0.680. The highest BCUT2D eigenvalue weighted by atomic mass is 19.4. The van der Waals surface area contributed by atoms with Crippen LogP contribution in [0.5, 0.6) is 0 Å². The van der Waals surface area contributed by atoms with Crippen molar-refractivity contribution in [1.82, 2.24) is 15.3 Å². The van der Waals surface area contributed by atoms with Gasteiger partial charge in [-0.2, -0.15) is 13.2 Å². The van der Waals surface area contributed by atoms with Crippen molar-refractivity contribution < 1.29 is 27.9 Å². The Labute approximate surface area is 153 Å². The SMILES string of the molecule is CCCC(CNC(=O)c1nc(-c2cccc(C(F)(F)F)c2)[nH]c1C)C(=O)O. The number of aliphatic carboxylic acids is 1. The summed E-state index contributed by atoms with van der Waals surface area (Å²) in [6.07, 6.45) is -3.40. The maximum Gasteiger partial charge on any atom is 0.416 e. The number of halogens is 3. The first kappa shape index (κ1) is 20.5. The van der Waals surface area contributed by atoms with Crippen LogP contribution in [-0.4, -0.2) is 33.5 Å². The maximum absolute atomic E-state index is 12.9. The Morgan fingerprint density at radius 1 is 1.33 bits per heavy atom. The van der Waals surface area contributed by atoms with Gasteiger partial charge in [-0.05, 0) is 25.5 Å². The molecule has 0 bridgehead atoms. The summed E-state index contributed by atoms with van der Waals surface area (Å²) in [6, 6.07) is 4.61. The molecule has 1 amide bonds. The molecule has 1 unspecified atom stereocenters. The molecule has 1 atom stereocenters. The van der Waals surface area contributed by atoms with Crippen LogP contribution in [0.2, 0.25) is 0 Å². The van der Waals surface area contributed by atoms with E-state index in [4.69, 9.17) is 5.11 Å². The molecule has 9 heteroatoms. The molecule has 0 fully saturated rings. The van der Waals surface area contributed by atoms with Crippen molar-refractivity contribution in [3.8, 4) is 11.4 Å². The number of carboxylic acid groups (broad SMARTS) is 1. The Kier molecular flexibility index (Phi) is 6.24. The predicted octanol–water partition coefficient (Wildman–Crippen LogP) is 3.63. The van der Waals surface area contributed by atoms with E-state index in [-0.39, 0.29) is 23.6 Å². The average Bonchev–Trinajstić information content (AvgIpc) is 2.99. The van der Waals surface area contributed by atoms with Gasteiger partial charge in [0.1, 0.15) is 11.5 Å². The van der Waals surface area contributed by atoms with Crippen LogP contribution in [0.3, 0.4) is 0 Å². The maximum atomic E-state index is 12.9. The molecule has 0 spiro atoms. The summed E-state index contributed by atoms with van der Waals surface area (Å²) in [7, 11) is 0. The number of nitrogens with one attached hydrogen (secondary N) is 2. The van der Waals surface area contributed by atoms with Gasteiger partial charge in [-0.15, -0.1) is 0 Å². The second-order valence-electron chi connectivity index (χ2n) is 6.17. The number of rotatable bonds is 7. The van der Waals surface area contributed by atoms with E-state index in [0.29, 0.717) is 18.5 Å². The smallest absolute Gasteiger partial charge is 0.416 e. The van der Waals surface area contributed by atoms with Gasteiger partial charge in [0.25, 0.3) is 5.91 Å². The number of amides is 1. The number of aromatic amines is 1. The van der Waals surface area contributed by atoms with E-state index in [9.17, 15) is 22.8 Å². The van der Waals surface area contributed by atoms with E-state index in [1.54, 1.807) is 6.92 Å². The molecular weight excluding hydrogens is 363 g/mol. The van der Waals surface area contributed by atoms with Crippen molar-refractivity contribution >= 4 is 11.9 Å². The first-order valence-electron chi connectivity index (χ1n) is 8.38. The Balaban J connectivity index is 2.19. The first-order valence-corrected chi connectivity index (χ1v) is 8.38. The third-order valence-electron chi connectivity index (χ3n) is 4.06. The summed E-state index contributed by atoms with van der Waals surface area (Å²) < 4.78 is 38.6. The zero-order valence-electron chi connectivity index (χ0n) is 14.9. The molecule has 2 aromatic rings. The molecule has 2 rings (SSSR count). The topological polar surface area (TPSA) is 95.1 Å². The Morgan fingerprint density at radius 2 is 2.04 bits per heavy atom. The largest absolute Gasteiger partial charge is 0.481 e. The van der Waals surface area contributed by atoms with Crippen molar-refractivity contribution in [2.24, 2.45) is 5.92 Å². The minimum absolute atomic E-state index is 0.0167. The molecule has 1 heterocycles. The molecule has 0 saturated heterocycles. The lowest BCUT2D eigenvalue weighted by molar-refractivity contribution is -0.141. The molecular formula is C18H20F3N3O3. The highest BCUT2D eigenvalue weighted by Gasteiger charge is 2.30. The number of benzene rings is 1. The van der Waals surface area contributed by atoms with Gasteiger partial charge in [0, 0.05) is 17.8 Å². The number of carbonyl (C=O) groups is 2. The van der Waals surface area contributed by atoms with Crippen LogP contribution in [0.25, 0.3) is 11.4 Å². The number of nitrogens with zero attached hydrogens (tertiary/aromatic N) is 1. The van der Waals surface area contributed by atoms with Crippen LogP contribution in [0, 0.1) is 12.8 Å². The van der Waals surface area contributed by atoms with E-state index in [0.717, 1.165) is 12.1 Å². The van der Waals surface area contributed by atoms with E-state index < -0.39 is 29.5 Å². The van der Waals surface area contributed by atoms with Crippen LogP contribution in [0.4, 0.5) is 13.2 Å². The lowest BCUT2D eigenvalue weighted by Crippen LogP contribution is -2.33. The van der Waals surface area contributed by atoms with E-state index in [2.05, 4.69) is 15.3 Å². The summed E-state index contributed by atoms with van der Waals surface area (Å²) in [5, 5.41) is 11.6. The van der Waals surface area contributed by atoms with Crippen molar-refractivity contribution in [3.63, 3.8) is 0 Å². The molecule has 0 aliphatic heterocycles. The zero-order valence-corrected chi connectivity index (χ0v) is 14.9. The van der Waals surface area contributed by atoms with E-state index >= 15 is 0 Å². The number of alkyl halides is 3. The summed E-state index contributed by atoms with van der Waals surface area (Å²) in [5.74, 6) is -2.15. The Bertz CT molecular complexity index is 831. The molecule has 1 aromatic heterocycles. The molecule has 3 N–H and O–H groups in total. The van der Waals surface area contributed by atoms with Gasteiger partial charge in [-0.25, -0.2) is 4.98 Å². The molecule has 0 aliphatic carbocycles. The summed E-state index contributed by atoms with van der Waals surface area (Å²) in [6.45, 7) is 3.36. The van der Waals surface area contributed by atoms with E-state index in [1.807, 2.05) is 6.92 Å². The van der Waals surface area contributed by atoms with Crippen LogP contribution in [0.1, 0.15) is 41.5 Å². The Hall–Kier alpha value is -2.84. The number of carbonyl (C=O) groups excluding carboxylic acids is 1. The molecule has 1 aromatic carbocycles. The second kappa shape index (κ2) is 8.24. The molecule has 6 nitrogen and oxygen atoms in total. The minimum atomic E-state index is -4.48. The van der Waals surface area contributed by atoms with Crippen molar-refractivity contribution in [2.75, 3.05) is 6.54 Å². The van der Waals surface area contributed by atoms with Crippen LogP contribution in [0.15, 0.2) is 24.3 Å². The fourth-order valence-corrected chi connectivity index (χ4v) is 2.62. The molecule has 27 heavy (non-hydrogen) atoms. The minimum Gasteiger partial charge on any atom is -0.481 e.